The summed E-state index contributed by atoms with van der Waals surface area (Å²) >= 11 is 0. The minimum Gasteiger partial charge on any atom is -0.497 e. The minimum atomic E-state index is -0.546. The van der Waals surface area contributed by atoms with Gasteiger partial charge in [0.1, 0.15) is 5.75 Å². The zero-order valence-corrected chi connectivity index (χ0v) is 19.9. The fourth-order valence-corrected chi connectivity index (χ4v) is 5.34. The van der Waals surface area contributed by atoms with Gasteiger partial charge in [-0.1, -0.05) is 42.0 Å². The van der Waals surface area contributed by atoms with Crippen molar-refractivity contribution in [2.24, 2.45) is 0 Å². The van der Waals surface area contributed by atoms with Gasteiger partial charge in [-0.3, -0.25) is 4.79 Å². The average molecular weight is 458 g/mol. The molecule has 6 nitrogen and oxygen atoms in total. The molecule has 1 unspecified atom stereocenters. The third-order valence-corrected chi connectivity index (χ3v) is 7.19. The summed E-state index contributed by atoms with van der Waals surface area (Å²) in [7, 11) is 1.65. The van der Waals surface area contributed by atoms with Crippen LogP contribution in [-0.4, -0.2) is 47.6 Å². The summed E-state index contributed by atoms with van der Waals surface area (Å²) in [6.45, 7) is 4.04. The van der Waals surface area contributed by atoms with Crippen molar-refractivity contribution in [3.8, 4) is 17.1 Å². The van der Waals surface area contributed by atoms with Gasteiger partial charge in [0.2, 0.25) is 5.91 Å². The van der Waals surface area contributed by atoms with Crippen molar-refractivity contribution in [3.05, 3.63) is 77.6 Å². The maximum atomic E-state index is 14.3. The number of carbonyl (C=O) groups is 1. The van der Waals surface area contributed by atoms with Gasteiger partial charge in [0.25, 0.3) is 0 Å². The van der Waals surface area contributed by atoms with Crippen LogP contribution < -0.4 is 4.74 Å². The number of aryl methyl sites for hydroxylation is 1. The number of carbonyl (C=O) groups excluding carboxylic acids is 1. The first-order valence-corrected chi connectivity index (χ1v) is 12.0. The van der Waals surface area contributed by atoms with E-state index in [2.05, 4.69) is 41.1 Å². The summed E-state index contributed by atoms with van der Waals surface area (Å²) < 4.78 is 11.0. The first-order chi connectivity index (χ1) is 16.6. The predicted octanol–water partition coefficient (Wildman–Crippen LogP) is 4.87. The van der Waals surface area contributed by atoms with E-state index in [0.29, 0.717) is 31.9 Å². The standard InChI is InChI=1S/C28H31N3O3/c1-20-6-3-8-22(18-20)28(12-16-34-17-13-28)27(32)31-15-5-10-25(31)24-11-14-29-26(30-24)21-7-4-9-23(19-21)33-2/h3-4,6-9,11,14,18-19,25H,5,10,12-13,15-17H2,1-2H3. The first kappa shape index (κ1) is 22.5. The molecular weight excluding hydrogens is 426 g/mol. The third kappa shape index (κ3) is 4.18. The number of methoxy groups -OCH3 is 1. The Morgan fingerprint density at radius 2 is 1.94 bits per heavy atom. The number of ether oxygens (including phenoxy) is 2. The van der Waals surface area contributed by atoms with Crippen LogP contribution in [0.25, 0.3) is 11.4 Å². The normalized spacial score (nSPS) is 19.7. The molecule has 3 aromatic rings. The zero-order chi connectivity index (χ0) is 23.5. The molecule has 0 N–H and O–H groups in total. The molecule has 2 saturated heterocycles. The van der Waals surface area contributed by atoms with E-state index in [1.165, 1.54) is 5.56 Å². The van der Waals surface area contributed by atoms with E-state index in [4.69, 9.17) is 14.5 Å². The maximum Gasteiger partial charge on any atom is 0.233 e. The molecule has 3 heterocycles. The number of rotatable bonds is 5. The summed E-state index contributed by atoms with van der Waals surface area (Å²) in [5.74, 6) is 1.62. The van der Waals surface area contributed by atoms with Crippen molar-refractivity contribution in [3.63, 3.8) is 0 Å². The number of aromatic nitrogens is 2. The number of benzene rings is 2. The van der Waals surface area contributed by atoms with E-state index < -0.39 is 5.41 Å². The third-order valence-electron chi connectivity index (χ3n) is 7.19. The Morgan fingerprint density at radius 3 is 2.74 bits per heavy atom. The molecule has 0 radical (unpaired) electrons. The van der Waals surface area contributed by atoms with Gasteiger partial charge in [-0.2, -0.15) is 0 Å². The van der Waals surface area contributed by atoms with Crippen LogP contribution in [0.5, 0.6) is 5.75 Å². The topological polar surface area (TPSA) is 64.5 Å². The van der Waals surface area contributed by atoms with E-state index >= 15 is 0 Å². The lowest BCUT2D eigenvalue weighted by Crippen LogP contribution is -2.49. The Bertz CT molecular complexity index is 1170. The summed E-state index contributed by atoms with van der Waals surface area (Å²) in [6, 6.07) is 18.1. The second kappa shape index (κ2) is 9.55. The van der Waals surface area contributed by atoms with E-state index in [9.17, 15) is 4.79 Å². The van der Waals surface area contributed by atoms with Gasteiger partial charge in [0.05, 0.1) is 24.3 Å². The molecule has 2 aliphatic rings. The highest BCUT2D eigenvalue weighted by molar-refractivity contribution is 5.89. The van der Waals surface area contributed by atoms with Crippen molar-refractivity contribution < 1.29 is 14.3 Å². The zero-order valence-electron chi connectivity index (χ0n) is 19.9. The SMILES string of the molecule is COc1cccc(-c2nccc(C3CCCN3C(=O)C3(c4cccc(C)c4)CCOCC3)n2)c1. The van der Waals surface area contributed by atoms with E-state index in [-0.39, 0.29) is 11.9 Å². The van der Waals surface area contributed by atoms with Crippen LogP contribution in [0.2, 0.25) is 0 Å². The van der Waals surface area contributed by atoms with Crippen molar-refractivity contribution in [2.45, 2.75) is 44.1 Å². The van der Waals surface area contributed by atoms with E-state index in [0.717, 1.165) is 42.0 Å². The highest BCUT2D eigenvalue weighted by Gasteiger charge is 2.47. The van der Waals surface area contributed by atoms with Crippen LogP contribution >= 0.6 is 0 Å². The Balaban J connectivity index is 1.48. The summed E-state index contributed by atoms with van der Waals surface area (Å²) in [5, 5.41) is 0. The minimum absolute atomic E-state index is 0.0515. The van der Waals surface area contributed by atoms with E-state index in [1.54, 1.807) is 13.3 Å². The van der Waals surface area contributed by atoms with Gasteiger partial charge in [0.15, 0.2) is 5.82 Å². The number of hydrogen-bond donors (Lipinski definition) is 0. The average Bonchev–Trinajstić information content (AvgIpc) is 3.39. The maximum absolute atomic E-state index is 14.3. The quantitative estimate of drug-likeness (QED) is 0.547. The monoisotopic (exact) mass is 457 g/mol. The Kier molecular flexibility index (Phi) is 6.33. The number of hydrogen-bond acceptors (Lipinski definition) is 5. The summed E-state index contributed by atoms with van der Waals surface area (Å²) in [4.78, 5) is 25.7. The number of likely N-dealkylation sites (tertiary alicyclic amines) is 1. The molecule has 176 valence electrons. The largest absolute Gasteiger partial charge is 0.497 e. The van der Waals surface area contributed by atoms with Gasteiger partial charge in [-0.15, -0.1) is 0 Å². The van der Waals surface area contributed by atoms with Crippen LogP contribution in [0.15, 0.2) is 60.8 Å². The molecule has 2 aliphatic heterocycles. The fourth-order valence-electron chi connectivity index (χ4n) is 5.34. The van der Waals surface area contributed by atoms with Crippen molar-refractivity contribution in [1.29, 1.82) is 0 Å². The van der Waals surface area contributed by atoms with Gasteiger partial charge >= 0.3 is 0 Å². The second-order valence-corrected chi connectivity index (χ2v) is 9.26. The molecule has 1 amide bonds. The molecule has 5 rings (SSSR count). The first-order valence-electron chi connectivity index (χ1n) is 12.0. The Hall–Kier alpha value is -3.25. The molecule has 1 atom stereocenters. The van der Waals surface area contributed by atoms with Crippen molar-refractivity contribution >= 4 is 5.91 Å². The highest BCUT2D eigenvalue weighted by atomic mass is 16.5. The summed E-state index contributed by atoms with van der Waals surface area (Å²) in [6.07, 6.45) is 5.08. The molecule has 2 aromatic carbocycles. The van der Waals surface area contributed by atoms with Crippen LogP contribution in [0.3, 0.4) is 0 Å². The predicted molar refractivity (Wildman–Crippen MR) is 131 cm³/mol. The molecule has 0 saturated carbocycles. The molecule has 6 heteroatoms. The Labute approximate surface area is 201 Å². The van der Waals surface area contributed by atoms with Gasteiger partial charge in [-0.05, 0) is 56.4 Å². The smallest absolute Gasteiger partial charge is 0.233 e. The van der Waals surface area contributed by atoms with Crippen LogP contribution in [0.4, 0.5) is 0 Å². The molecule has 0 spiro atoms. The molecule has 34 heavy (non-hydrogen) atoms. The number of nitrogens with zero attached hydrogens (tertiary/aromatic N) is 3. The van der Waals surface area contributed by atoms with Crippen LogP contribution in [0, 0.1) is 6.92 Å². The molecule has 0 bridgehead atoms. The molecular formula is C28H31N3O3. The molecule has 0 aliphatic carbocycles. The lowest BCUT2D eigenvalue weighted by molar-refractivity contribution is -0.142. The van der Waals surface area contributed by atoms with Crippen molar-refractivity contribution in [2.75, 3.05) is 26.9 Å². The molecule has 2 fully saturated rings. The molecule has 1 aromatic heterocycles. The van der Waals surface area contributed by atoms with Crippen LogP contribution in [0.1, 0.15) is 48.5 Å². The lowest BCUT2D eigenvalue weighted by atomic mass is 9.72. The van der Waals surface area contributed by atoms with Gasteiger partial charge in [-0.25, -0.2) is 9.97 Å². The van der Waals surface area contributed by atoms with E-state index in [1.807, 2.05) is 30.3 Å². The highest BCUT2D eigenvalue weighted by Crippen LogP contribution is 2.42. The summed E-state index contributed by atoms with van der Waals surface area (Å²) in [5.41, 5.74) is 3.53. The lowest BCUT2D eigenvalue weighted by Gasteiger charge is -2.41. The van der Waals surface area contributed by atoms with Crippen molar-refractivity contribution in [1.82, 2.24) is 14.9 Å². The Morgan fingerprint density at radius 1 is 1.12 bits per heavy atom. The second-order valence-electron chi connectivity index (χ2n) is 9.26. The van der Waals surface area contributed by atoms with Crippen LogP contribution in [-0.2, 0) is 14.9 Å². The van der Waals surface area contributed by atoms with Gasteiger partial charge in [0, 0.05) is 31.5 Å². The fraction of sp³-hybridized carbons (Fsp3) is 0.393. The number of amides is 1. The van der Waals surface area contributed by atoms with Gasteiger partial charge < -0.3 is 14.4 Å².